The van der Waals surface area contributed by atoms with Crippen LogP contribution in [0.2, 0.25) is 0 Å². The van der Waals surface area contributed by atoms with Crippen molar-refractivity contribution in [3.8, 4) is 0 Å². The van der Waals surface area contributed by atoms with Gasteiger partial charge in [0.15, 0.2) is 0 Å². The van der Waals surface area contributed by atoms with E-state index in [1.54, 1.807) is 10.9 Å². The van der Waals surface area contributed by atoms with Crippen molar-refractivity contribution in [3.63, 3.8) is 0 Å². The predicted octanol–water partition coefficient (Wildman–Crippen LogP) is 1.62. The van der Waals surface area contributed by atoms with Gasteiger partial charge in [0.25, 0.3) is 0 Å². The first-order valence-electron chi connectivity index (χ1n) is 7.41. The second kappa shape index (κ2) is 5.71. The van der Waals surface area contributed by atoms with Gasteiger partial charge in [-0.15, -0.1) is 0 Å². The molecule has 0 aromatic carbocycles. The molecule has 0 spiro atoms. The normalized spacial score (nSPS) is 19.9. The Balaban J connectivity index is 1.70. The molecule has 0 N–H and O–H groups in total. The van der Waals surface area contributed by atoms with Crippen molar-refractivity contribution in [2.45, 2.75) is 32.4 Å². The van der Waals surface area contributed by atoms with Crippen molar-refractivity contribution in [1.29, 1.82) is 0 Å². The van der Waals surface area contributed by atoms with Gasteiger partial charge in [-0.25, -0.2) is 0 Å². The Bertz CT molecular complexity index is 603. The van der Waals surface area contributed by atoms with Crippen LogP contribution in [0.15, 0.2) is 30.9 Å². The van der Waals surface area contributed by atoms with Crippen molar-refractivity contribution < 1.29 is 4.79 Å². The Labute approximate surface area is 124 Å². The molecule has 0 bridgehead atoms. The minimum Gasteiger partial charge on any atom is -0.335 e. The maximum absolute atomic E-state index is 12.7. The first kappa shape index (κ1) is 13.9. The molecule has 3 heterocycles. The first-order valence-corrected chi connectivity index (χ1v) is 7.41. The summed E-state index contributed by atoms with van der Waals surface area (Å²) in [7, 11) is 1.91. The van der Waals surface area contributed by atoms with Crippen molar-refractivity contribution in [2.24, 2.45) is 13.0 Å². The number of nitrogens with zero attached hydrogens (tertiary/aromatic N) is 5. The van der Waals surface area contributed by atoms with Crippen LogP contribution in [0.25, 0.3) is 0 Å². The number of carbonyl (C=O) groups is 1. The van der Waals surface area contributed by atoms with Crippen LogP contribution < -0.4 is 0 Å². The SMILES string of the molecule is C[C@@H](Cn1cccn1)C(=O)N1CCC[C@@H]1c1cnn(C)c1. The number of likely N-dealkylation sites (tertiary alicyclic amines) is 1. The second-order valence-corrected chi connectivity index (χ2v) is 5.77. The smallest absolute Gasteiger partial charge is 0.227 e. The third-order valence-electron chi connectivity index (χ3n) is 4.09. The molecule has 112 valence electrons. The largest absolute Gasteiger partial charge is 0.335 e. The van der Waals surface area contributed by atoms with Crippen LogP contribution in [0.4, 0.5) is 0 Å². The Morgan fingerprint density at radius 1 is 1.48 bits per heavy atom. The monoisotopic (exact) mass is 287 g/mol. The molecule has 3 rings (SSSR count). The molecule has 2 aromatic heterocycles. The summed E-state index contributed by atoms with van der Waals surface area (Å²) >= 11 is 0. The fourth-order valence-corrected chi connectivity index (χ4v) is 3.04. The fraction of sp³-hybridized carbons (Fsp3) is 0.533. The number of amides is 1. The number of rotatable bonds is 4. The van der Waals surface area contributed by atoms with Gasteiger partial charge in [-0.05, 0) is 18.9 Å². The summed E-state index contributed by atoms with van der Waals surface area (Å²) in [5.74, 6) is 0.138. The first-order chi connectivity index (χ1) is 10.1. The number of hydrogen-bond donors (Lipinski definition) is 0. The molecule has 0 radical (unpaired) electrons. The van der Waals surface area contributed by atoms with Gasteiger partial charge in [-0.2, -0.15) is 10.2 Å². The molecule has 6 nitrogen and oxygen atoms in total. The average molecular weight is 287 g/mol. The summed E-state index contributed by atoms with van der Waals surface area (Å²) in [6.45, 7) is 3.44. The zero-order valence-electron chi connectivity index (χ0n) is 12.5. The molecule has 0 aliphatic carbocycles. The molecular weight excluding hydrogens is 266 g/mol. The van der Waals surface area contributed by atoms with E-state index < -0.39 is 0 Å². The third-order valence-corrected chi connectivity index (χ3v) is 4.09. The highest BCUT2D eigenvalue weighted by molar-refractivity contribution is 5.79. The van der Waals surface area contributed by atoms with Crippen molar-refractivity contribution in [3.05, 3.63) is 36.4 Å². The van der Waals surface area contributed by atoms with Gasteiger partial charge in [-0.3, -0.25) is 14.2 Å². The molecule has 1 saturated heterocycles. The van der Waals surface area contributed by atoms with E-state index in [0.717, 1.165) is 24.9 Å². The van der Waals surface area contributed by atoms with Gasteiger partial charge in [0.05, 0.1) is 24.7 Å². The Hall–Kier alpha value is -2.11. The van der Waals surface area contributed by atoms with Crippen LogP contribution in [0.1, 0.15) is 31.4 Å². The lowest BCUT2D eigenvalue weighted by Gasteiger charge is -2.27. The van der Waals surface area contributed by atoms with Crippen LogP contribution in [-0.2, 0) is 18.4 Å². The number of aryl methyl sites for hydroxylation is 1. The molecule has 6 heteroatoms. The highest BCUT2D eigenvalue weighted by Gasteiger charge is 2.33. The van der Waals surface area contributed by atoms with Crippen molar-refractivity contribution >= 4 is 5.91 Å². The molecule has 1 aliphatic rings. The summed E-state index contributed by atoms with van der Waals surface area (Å²) in [6.07, 6.45) is 9.59. The summed E-state index contributed by atoms with van der Waals surface area (Å²) in [5.41, 5.74) is 1.13. The van der Waals surface area contributed by atoms with E-state index in [1.165, 1.54) is 0 Å². The Morgan fingerprint density at radius 3 is 3.00 bits per heavy atom. The number of aromatic nitrogens is 4. The summed E-state index contributed by atoms with van der Waals surface area (Å²) in [5, 5.41) is 8.40. The summed E-state index contributed by atoms with van der Waals surface area (Å²) < 4.78 is 3.61. The minimum atomic E-state index is -0.0674. The molecule has 2 aromatic rings. The highest BCUT2D eigenvalue weighted by Crippen LogP contribution is 2.32. The van der Waals surface area contributed by atoms with Crippen LogP contribution in [0, 0.1) is 5.92 Å². The summed E-state index contributed by atoms with van der Waals surface area (Å²) in [6, 6.07) is 2.05. The highest BCUT2D eigenvalue weighted by atomic mass is 16.2. The maximum atomic E-state index is 12.7. The lowest BCUT2D eigenvalue weighted by molar-refractivity contribution is -0.136. The Morgan fingerprint density at radius 2 is 2.33 bits per heavy atom. The van der Waals surface area contributed by atoms with Gasteiger partial charge < -0.3 is 4.90 Å². The van der Waals surface area contributed by atoms with E-state index in [2.05, 4.69) is 10.2 Å². The zero-order chi connectivity index (χ0) is 14.8. The molecule has 1 fully saturated rings. The van der Waals surface area contributed by atoms with E-state index in [4.69, 9.17) is 0 Å². The zero-order valence-corrected chi connectivity index (χ0v) is 12.5. The lowest BCUT2D eigenvalue weighted by Crippen LogP contribution is -2.36. The maximum Gasteiger partial charge on any atom is 0.227 e. The number of hydrogen-bond acceptors (Lipinski definition) is 3. The topological polar surface area (TPSA) is 56.0 Å². The van der Waals surface area contributed by atoms with Crippen LogP contribution >= 0.6 is 0 Å². The van der Waals surface area contributed by atoms with E-state index in [-0.39, 0.29) is 17.9 Å². The van der Waals surface area contributed by atoms with Crippen molar-refractivity contribution in [2.75, 3.05) is 6.54 Å². The van der Waals surface area contributed by atoms with Gasteiger partial charge in [0, 0.05) is 37.7 Å². The van der Waals surface area contributed by atoms with Gasteiger partial charge in [0.1, 0.15) is 0 Å². The molecule has 2 atom stereocenters. The quantitative estimate of drug-likeness (QED) is 0.858. The summed E-state index contributed by atoms with van der Waals surface area (Å²) in [4.78, 5) is 14.7. The van der Waals surface area contributed by atoms with E-state index in [1.807, 2.05) is 48.2 Å². The second-order valence-electron chi connectivity index (χ2n) is 5.77. The van der Waals surface area contributed by atoms with E-state index >= 15 is 0 Å². The van der Waals surface area contributed by atoms with Gasteiger partial charge in [-0.1, -0.05) is 6.92 Å². The molecule has 1 amide bonds. The minimum absolute atomic E-state index is 0.0674. The lowest BCUT2D eigenvalue weighted by atomic mass is 10.1. The van der Waals surface area contributed by atoms with Crippen molar-refractivity contribution in [1.82, 2.24) is 24.5 Å². The molecule has 21 heavy (non-hydrogen) atoms. The van der Waals surface area contributed by atoms with E-state index in [0.29, 0.717) is 6.54 Å². The van der Waals surface area contributed by atoms with Crippen LogP contribution in [0.3, 0.4) is 0 Å². The Kier molecular flexibility index (Phi) is 3.77. The fourth-order valence-electron chi connectivity index (χ4n) is 3.04. The standard InChI is InChI=1S/C15H21N5O/c1-12(10-19-7-4-6-16-19)15(21)20-8-3-5-14(20)13-9-17-18(2)11-13/h4,6-7,9,11-12,14H,3,5,8,10H2,1-2H3/t12-,14+/m0/s1. The van der Waals surface area contributed by atoms with Gasteiger partial charge >= 0.3 is 0 Å². The third kappa shape index (κ3) is 2.84. The molecule has 0 saturated carbocycles. The predicted molar refractivity (Wildman–Crippen MR) is 78.3 cm³/mol. The number of carbonyl (C=O) groups excluding carboxylic acids is 1. The molecular formula is C15H21N5O. The van der Waals surface area contributed by atoms with Gasteiger partial charge in [0.2, 0.25) is 5.91 Å². The molecule has 1 aliphatic heterocycles. The van der Waals surface area contributed by atoms with Crippen LogP contribution in [-0.4, -0.2) is 36.9 Å². The molecule has 0 unspecified atom stereocenters. The average Bonchev–Trinajstić information content (AvgIpc) is 3.17. The van der Waals surface area contributed by atoms with E-state index in [9.17, 15) is 4.79 Å². The van der Waals surface area contributed by atoms with Crippen LogP contribution in [0.5, 0.6) is 0 Å².